The van der Waals surface area contributed by atoms with Crippen LogP contribution in [0.25, 0.3) is 0 Å². The number of rotatable bonds is 6. The van der Waals surface area contributed by atoms with E-state index in [0.29, 0.717) is 6.42 Å². The van der Waals surface area contributed by atoms with Gasteiger partial charge in [0, 0.05) is 0 Å². The topological polar surface area (TPSA) is 34.4 Å². The quantitative estimate of drug-likeness (QED) is 0.875. The third kappa shape index (κ3) is 3.39. The number of halogens is 1. The Morgan fingerprint density at radius 2 is 2.10 bits per heavy atom. The zero-order chi connectivity index (χ0) is 14.5. The molecule has 20 heavy (non-hydrogen) atoms. The molecule has 1 aromatic carbocycles. The zero-order valence-electron chi connectivity index (χ0n) is 12.1. The second-order valence-electron chi connectivity index (χ2n) is 4.73. The molecule has 0 aliphatic rings. The number of hydrogen-bond acceptors (Lipinski definition) is 3. The van der Waals surface area contributed by atoms with Crippen LogP contribution in [0, 0.1) is 12.7 Å². The van der Waals surface area contributed by atoms with E-state index in [9.17, 15) is 4.39 Å². The lowest BCUT2D eigenvalue weighted by atomic mass is 10.0. The second-order valence-corrected chi connectivity index (χ2v) is 4.73. The predicted octanol–water partition coefficient (Wildman–Crippen LogP) is 3.63. The monoisotopic (exact) mass is 277 g/mol. The molecule has 0 fully saturated rings. The Kier molecular flexibility index (Phi) is 4.79. The van der Waals surface area contributed by atoms with Crippen LogP contribution >= 0.6 is 0 Å². The lowest BCUT2D eigenvalue weighted by molar-refractivity contribution is 0.384. The minimum Gasteiger partial charge on any atom is -0.494 e. The third-order valence-corrected chi connectivity index (χ3v) is 3.21. The van der Waals surface area contributed by atoms with E-state index in [1.54, 1.807) is 6.07 Å². The third-order valence-electron chi connectivity index (χ3n) is 3.21. The van der Waals surface area contributed by atoms with E-state index >= 15 is 0 Å². The average molecular weight is 277 g/mol. The lowest BCUT2D eigenvalue weighted by Gasteiger charge is -2.16. The summed E-state index contributed by atoms with van der Waals surface area (Å²) < 4.78 is 24.3. The molecule has 2 rings (SSSR count). The van der Waals surface area contributed by atoms with Crippen LogP contribution in [-0.2, 0) is 6.42 Å². The van der Waals surface area contributed by atoms with E-state index in [1.807, 2.05) is 32.0 Å². The molecule has 1 unspecified atom stereocenters. The Labute approximate surface area is 118 Å². The van der Waals surface area contributed by atoms with Crippen molar-refractivity contribution in [3.05, 3.63) is 53.2 Å². The fourth-order valence-electron chi connectivity index (χ4n) is 2.23. The Morgan fingerprint density at radius 1 is 1.30 bits per heavy atom. The fourth-order valence-corrected chi connectivity index (χ4v) is 2.23. The molecule has 0 bridgehead atoms. The van der Waals surface area contributed by atoms with Gasteiger partial charge in [-0.25, -0.2) is 4.39 Å². The molecular weight excluding hydrogens is 257 g/mol. The summed E-state index contributed by atoms with van der Waals surface area (Å²) >= 11 is 0. The molecule has 1 atom stereocenters. The van der Waals surface area contributed by atoms with Crippen LogP contribution in [0.5, 0.6) is 5.75 Å². The maximum Gasteiger partial charge on any atom is 0.165 e. The van der Waals surface area contributed by atoms with Gasteiger partial charge in [-0.3, -0.25) is 0 Å². The summed E-state index contributed by atoms with van der Waals surface area (Å²) in [7, 11) is 1.46. The molecule has 1 aromatic heterocycles. The van der Waals surface area contributed by atoms with Gasteiger partial charge in [-0.05, 0) is 49.7 Å². The first-order chi connectivity index (χ1) is 9.63. The molecule has 0 radical (unpaired) electrons. The number of nitrogens with one attached hydrogen (secondary N) is 1. The fraction of sp³-hybridized carbons (Fsp3) is 0.375. The van der Waals surface area contributed by atoms with Crippen molar-refractivity contribution in [2.45, 2.75) is 26.3 Å². The molecule has 1 heterocycles. The van der Waals surface area contributed by atoms with E-state index < -0.39 is 0 Å². The number of benzene rings is 1. The highest BCUT2D eigenvalue weighted by atomic mass is 19.1. The second kappa shape index (κ2) is 6.57. The summed E-state index contributed by atoms with van der Waals surface area (Å²) in [5, 5.41) is 3.36. The highest BCUT2D eigenvalue weighted by Crippen LogP contribution is 2.24. The van der Waals surface area contributed by atoms with E-state index in [4.69, 9.17) is 9.15 Å². The van der Waals surface area contributed by atoms with Crippen molar-refractivity contribution < 1.29 is 13.5 Å². The molecule has 0 aliphatic carbocycles. The minimum absolute atomic E-state index is 0.0431. The van der Waals surface area contributed by atoms with Crippen LogP contribution in [0.2, 0.25) is 0 Å². The van der Waals surface area contributed by atoms with E-state index in [0.717, 1.165) is 23.6 Å². The Morgan fingerprint density at radius 3 is 2.65 bits per heavy atom. The lowest BCUT2D eigenvalue weighted by Crippen LogP contribution is -2.22. The molecule has 108 valence electrons. The van der Waals surface area contributed by atoms with Crippen molar-refractivity contribution in [2.24, 2.45) is 0 Å². The molecule has 2 aromatic rings. The van der Waals surface area contributed by atoms with Gasteiger partial charge in [0.2, 0.25) is 0 Å². The van der Waals surface area contributed by atoms with Gasteiger partial charge < -0.3 is 14.5 Å². The molecule has 0 saturated carbocycles. The molecule has 0 spiro atoms. The molecule has 3 nitrogen and oxygen atoms in total. The number of hydrogen-bond donors (Lipinski definition) is 1. The molecule has 1 N–H and O–H groups in total. The summed E-state index contributed by atoms with van der Waals surface area (Å²) in [6.45, 7) is 4.78. The Balaban J connectivity index is 2.17. The molecule has 0 amide bonds. The average Bonchev–Trinajstić information content (AvgIpc) is 2.85. The summed E-state index contributed by atoms with van der Waals surface area (Å²) in [5.41, 5.74) is 0.906. The van der Waals surface area contributed by atoms with Crippen LogP contribution in [0.4, 0.5) is 4.39 Å². The van der Waals surface area contributed by atoms with Crippen molar-refractivity contribution in [3.63, 3.8) is 0 Å². The number of furan rings is 1. The summed E-state index contributed by atoms with van der Waals surface area (Å²) in [6.07, 6.45) is 0.668. The van der Waals surface area contributed by atoms with E-state index in [1.165, 1.54) is 13.2 Å². The van der Waals surface area contributed by atoms with Crippen LogP contribution < -0.4 is 10.1 Å². The molecule has 0 saturated heterocycles. The van der Waals surface area contributed by atoms with Crippen molar-refractivity contribution in [1.82, 2.24) is 5.32 Å². The van der Waals surface area contributed by atoms with Crippen LogP contribution in [0.3, 0.4) is 0 Å². The minimum atomic E-state index is -0.337. The van der Waals surface area contributed by atoms with Crippen molar-refractivity contribution >= 4 is 0 Å². The first-order valence-corrected chi connectivity index (χ1v) is 6.76. The van der Waals surface area contributed by atoms with Gasteiger partial charge in [-0.1, -0.05) is 13.0 Å². The highest BCUT2D eigenvalue weighted by Gasteiger charge is 2.15. The van der Waals surface area contributed by atoms with Crippen molar-refractivity contribution in [3.8, 4) is 5.75 Å². The maximum absolute atomic E-state index is 13.7. The predicted molar refractivity (Wildman–Crippen MR) is 76.5 cm³/mol. The van der Waals surface area contributed by atoms with Crippen molar-refractivity contribution in [2.75, 3.05) is 13.7 Å². The first kappa shape index (κ1) is 14.6. The number of aryl methyl sites for hydroxylation is 1. The standard InChI is InChI=1S/C16H20FNO2/c1-4-18-14(16-7-5-11(2)20-16)10-12-6-8-15(19-3)13(17)9-12/h5-9,14,18H,4,10H2,1-3H3. The van der Waals surface area contributed by atoms with E-state index in [-0.39, 0.29) is 17.6 Å². The maximum atomic E-state index is 13.7. The molecular formula is C16H20FNO2. The largest absolute Gasteiger partial charge is 0.494 e. The number of ether oxygens (including phenoxy) is 1. The van der Waals surface area contributed by atoms with Gasteiger partial charge in [0.25, 0.3) is 0 Å². The van der Waals surface area contributed by atoms with Gasteiger partial charge in [0.15, 0.2) is 11.6 Å². The van der Waals surface area contributed by atoms with Gasteiger partial charge in [-0.15, -0.1) is 0 Å². The van der Waals surface area contributed by atoms with Gasteiger partial charge in [0.1, 0.15) is 11.5 Å². The molecule has 4 heteroatoms. The molecule has 0 aliphatic heterocycles. The Hall–Kier alpha value is -1.81. The summed E-state index contributed by atoms with van der Waals surface area (Å²) in [6, 6.07) is 8.99. The zero-order valence-corrected chi connectivity index (χ0v) is 12.1. The van der Waals surface area contributed by atoms with Crippen molar-refractivity contribution in [1.29, 1.82) is 0 Å². The normalized spacial score (nSPS) is 12.4. The van der Waals surface area contributed by atoms with Gasteiger partial charge in [-0.2, -0.15) is 0 Å². The number of likely N-dealkylation sites (N-methyl/N-ethyl adjacent to an activating group) is 1. The smallest absolute Gasteiger partial charge is 0.165 e. The van der Waals surface area contributed by atoms with Crippen LogP contribution in [-0.4, -0.2) is 13.7 Å². The van der Waals surface area contributed by atoms with E-state index in [2.05, 4.69) is 5.32 Å². The van der Waals surface area contributed by atoms with Gasteiger partial charge in [0.05, 0.1) is 13.2 Å². The van der Waals surface area contributed by atoms with Gasteiger partial charge >= 0.3 is 0 Å². The SMILES string of the molecule is CCNC(Cc1ccc(OC)c(F)c1)c1ccc(C)o1. The highest BCUT2D eigenvalue weighted by molar-refractivity contribution is 5.30. The van der Waals surface area contributed by atoms with Crippen LogP contribution in [0.15, 0.2) is 34.7 Å². The van der Waals surface area contributed by atoms with Crippen LogP contribution in [0.1, 0.15) is 30.0 Å². The number of methoxy groups -OCH3 is 1. The first-order valence-electron chi connectivity index (χ1n) is 6.76. The summed E-state index contributed by atoms with van der Waals surface area (Å²) in [4.78, 5) is 0. The summed E-state index contributed by atoms with van der Waals surface area (Å²) in [5.74, 6) is 1.68. The Bertz CT molecular complexity index is 565.